The predicted molar refractivity (Wildman–Crippen MR) is 63.6 cm³/mol. The molecule has 1 unspecified atom stereocenters. The molecular weight excluding hydrogens is 238 g/mol. The highest BCUT2D eigenvalue weighted by Gasteiger charge is 2.37. The molecule has 1 aromatic rings. The van der Waals surface area contributed by atoms with Crippen molar-refractivity contribution in [3.8, 4) is 0 Å². The molecule has 18 heavy (non-hydrogen) atoms. The molecular formula is C13H16F2N2O. The Morgan fingerprint density at radius 2 is 2.17 bits per heavy atom. The minimum atomic E-state index is -1.38. The highest BCUT2D eigenvalue weighted by Crippen LogP contribution is 2.31. The minimum Gasteiger partial charge on any atom is -0.368 e. The molecule has 3 N–H and O–H groups in total. The van der Waals surface area contributed by atoms with E-state index in [4.69, 9.17) is 5.73 Å². The molecule has 0 bridgehead atoms. The number of nitrogens with two attached hydrogens (primary N) is 1. The third-order valence-electron chi connectivity index (χ3n) is 3.42. The smallest absolute Gasteiger partial charge is 0.242 e. The Morgan fingerprint density at radius 3 is 2.72 bits per heavy atom. The highest BCUT2D eigenvalue weighted by molar-refractivity contribution is 5.85. The molecule has 1 aliphatic rings. The van der Waals surface area contributed by atoms with E-state index in [0.717, 1.165) is 18.9 Å². The van der Waals surface area contributed by atoms with Crippen LogP contribution >= 0.6 is 0 Å². The number of benzene rings is 1. The van der Waals surface area contributed by atoms with Gasteiger partial charge in [-0.25, -0.2) is 8.78 Å². The first-order chi connectivity index (χ1) is 8.45. The summed E-state index contributed by atoms with van der Waals surface area (Å²) in [5.74, 6) is -2.22. The Labute approximate surface area is 104 Å². The van der Waals surface area contributed by atoms with Crippen LogP contribution in [0.3, 0.4) is 0 Å². The topological polar surface area (TPSA) is 55.1 Å². The molecule has 0 heterocycles. The fraction of sp³-hybridized carbons (Fsp3) is 0.462. The van der Waals surface area contributed by atoms with Crippen molar-refractivity contribution in [2.24, 2.45) is 11.7 Å². The summed E-state index contributed by atoms with van der Waals surface area (Å²) in [6.07, 6.45) is 2.18. The van der Waals surface area contributed by atoms with Gasteiger partial charge in [-0.1, -0.05) is 12.1 Å². The quantitative estimate of drug-likeness (QED) is 0.839. The van der Waals surface area contributed by atoms with Gasteiger partial charge in [0.1, 0.15) is 5.54 Å². The molecule has 0 aromatic heterocycles. The SMILES string of the molecule is CC(NCC1CC1)(C(N)=O)c1cccc(F)c1F. The Kier molecular flexibility index (Phi) is 3.34. The first-order valence-electron chi connectivity index (χ1n) is 5.94. The third-order valence-corrected chi connectivity index (χ3v) is 3.42. The van der Waals surface area contributed by atoms with Crippen LogP contribution in [0.15, 0.2) is 18.2 Å². The maximum Gasteiger partial charge on any atom is 0.242 e. The predicted octanol–water partition coefficient (Wildman–Crippen LogP) is 1.66. The summed E-state index contributed by atoms with van der Waals surface area (Å²) < 4.78 is 27.0. The molecule has 0 aliphatic heterocycles. The highest BCUT2D eigenvalue weighted by atomic mass is 19.2. The van der Waals surface area contributed by atoms with Crippen LogP contribution < -0.4 is 11.1 Å². The lowest BCUT2D eigenvalue weighted by Crippen LogP contribution is -2.51. The molecule has 1 saturated carbocycles. The Balaban J connectivity index is 2.32. The van der Waals surface area contributed by atoms with E-state index in [2.05, 4.69) is 5.32 Å². The second-order valence-corrected chi connectivity index (χ2v) is 4.91. The number of amides is 1. The second-order valence-electron chi connectivity index (χ2n) is 4.91. The number of halogens is 2. The molecule has 0 radical (unpaired) electrons. The lowest BCUT2D eigenvalue weighted by Gasteiger charge is -2.28. The lowest BCUT2D eigenvalue weighted by molar-refractivity contribution is -0.124. The number of primary amides is 1. The van der Waals surface area contributed by atoms with Gasteiger partial charge in [-0.05, 0) is 38.3 Å². The van der Waals surface area contributed by atoms with E-state index in [9.17, 15) is 13.6 Å². The number of carbonyl (C=O) groups excluding carboxylic acids is 1. The van der Waals surface area contributed by atoms with Crippen molar-refractivity contribution < 1.29 is 13.6 Å². The van der Waals surface area contributed by atoms with Crippen LogP contribution in [0.25, 0.3) is 0 Å². The second kappa shape index (κ2) is 4.65. The molecule has 98 valence electrons. The number of rotatable bonds is 5. The molecule has 0 saturated heterocycles. The van der Waals surface area contributed by atoms with Crippen molar-refractivity contribution in [1.82, 2.24) is 5.32 Å². The first kappa shape index (κ1) is 13.0. The maximum atomic E-state index is 13.8. The summed E-state index contributed by atoms with van der Waals surface area (Å²) in [6.45, 7) is 2.06. The average Bonchev–Trinajstić information content (AvgIpc) is 3.13. The van der Waals surface area contributed by atoms with Crippen molar-refractivity contribution in [2.45, 2.75) is 25.3 Å². The maximum absolute atomic E-state index is 13.8. The van der Waals surface area contributed by atoms with Crippen LogP contribution in [0.2, 0.25) is 0 Å². The zero-order valence-corrected chi connectivity index (χ0v) is 10.2. The van der Waals surface area contributed by atoms with Crippen LogP contribution in [-0.4, -0.2) is 12.5 Å². The van der Waals surface area contributed by atoms with Crippen molar-refractivity contribution in [1.29, 1.82) is 0 Å². The van der Waals surface area contributed by atoms with E-state index in [-0.39, 0.29) is 5.56 Å². The Hall–Kier alpha value is -1.49. The zero-order valence-electron chi connectivity index (χ0n) is 10.2. The van der Waals surface area contributed by atoms with Crippen molar-refractivity contribution in [3.05, 3.63) is 35.4 Å². The van der Waals surface area contributed by atoms with Gasteiger partial charge in [0, 0.05) is 5.56 Å². The van der Waals surface area contributed by atoms with Gasteiger partial charge in [0.05, 0.1) is 0 Å². The monoisotopic (exact) mass is 254 g/mol. The standard InChI is InChI=1S/C13H16F2N2O/c1-13(12(16)18,17-7-8-5-6-8)9-3-2-4-10(14)11(9)15/h2-4,8,17H,5-7H2,1H3,(H2,16,18). The normalized spacial score (nSPS) is 18.4. The molecule has 1 atom stereocenters. The fourth-order valence-electron chi connectivity index (χ4n) is 1.88. The first-order valence-corrected chi connectivity index (χ1v) is 5.94. The number of carbonyl (C=O) groups is 1. The lowest BCUT2D eigenvalue weighted by atomic mass is 9.90. The molecule has 2 rings (SSSR count). The van der Waals surface area contributed by atoms with Crippen LogP contribution in [0, 0.1) is 17.6 Å². The zero-order chi connectivity index (χ0) is 13.3. The van der Waals surface area contributed by atoms with Gasteiger partial charge in [0.2, 0.25) is 5.91 Å². The van der Waals surface area contributed by atoms with Crippen LogP contribution in [0.4, 0.5) is 8.78 Å². The van der Waals surface area contributed by atoms with Crippen LogP contribution in [-0.2, 0) is 10.3 Å². The average molecular weight is 254 g/mol. The van der Waals surface area contributed by atoms with E-state index < -0.39 is 23.1 Å². The van der Waals surface area contributed by atoms with E-state index in [1.54, 1.807) is 0 Å². The summed E-state index contributed by atoms with van der Waals surface area (Å²) >= 11 is 0. The van der Waals surface area contributed by atoms with Crippen LogP contribution in [0.5, 0.6) is 0 Å². The van der Waals surface area contributed by atoms with Gasteiger partial charge in [-0.2, -0.15) is 0 Å². The molecule has 1 aromatic carbocycles. The number of hydrogen-bond acceptors (Lipinski definition) is 2. The van der Waals surface area contributed by atoms with Gasteiger partial charge in [-0.15, -0.1) is 0 Å². The van der Waals surface area contributed by atoms with E-state index in [1.165, 1.54) is 19.1 Å². The minimum absolute atomic E-state index is 0.0457. The van der Waals surface area contributed by atoms with Gasteiger partial charge in [0.15, 0.2) is 11.6 Å². The summed E-state index contributed by atoms with van der Waals surface area (Å²) in [5, 5.41) is 2.96. The van der Waals surface area contributed by atoms with Crippen molar-refractivity contribution in [2.75, 3.05) is 6.54 Å². The van der Waals surface area contributed by atoms with Crippen molar-refractivity contribution >= 4 is 5.91 Å². The van der Waals surface area contributed by atoms with E-state index >= 15 is 0 Å². The number of nitrogens with one attached hydrogen (secondary N) is 1. The fourth-order valence-corrected chi connectivity index (χ4v) is 1.88. The van der Waals surface area contributed by atoms with Gasteiger partial charge >= 0.3 is 0 Å². The van der Waals surface area contributed by atoms with E-state index in [1.807, 2.05) is 0 Å². The Morgan fingerprint density at radius 1 is 1.50 bits per heavy atom. The largest absolute Gasteiger partial charge is 0.368 e. The Bertz CT molecular complexity index is 474. The summed E-state index contributed by atoms with van der Waals surface area (Å²) in [4.78, 5) is 11.6. The molecule has 1 amide bonds. The molecule has 3 nitrogen and oxygen atoms in total. The number of hydrogen-bond donors (Lipinski definition) is 2. The van der Waals surface area contributed by atoms with Crippen molar-refractivity contribution in [3.63, 3.8) is 0 Å². The summed E-state index contributed by atoms with van der Waals surface area (Å²) in [6, 6.07) is 3.76. The van der Waals surface area contributed by atoms with Crippen LogP contribution in [0.1, 0.15) is 25.3 Å². The molecule has 1 fully saturated rings. The van der Waals surface area contributed by atoms with E-state index in [0.29, 0.717) is 12.5 Å². The summed E-state index contributed by atoms with van der Waals surface area (Å²) in [5.41, 5.74) is 3.91. The van der Waals surface area contributed by atoms with Gasteiger partial charge in [-0.3, -0.25) is 10.1 Å². The molecule has 1 aliphatic carbocycles. The molecule has 0 spiro atoms. The third kappa shape index (κ3) is 2.36. The van der Waals surface area contributed by atoms with Gasteiger partial charge < -0.3 is 5.73 Å². The summed E-state index contributed by atoms with van der Waals surface area (Å²) in [7, 11) is 0. The molecule has 5 heteroatoms. The van der Waals surface area contributed by atoms with Gasteiger partial charge in [0.25, 0.3) is 0 Å².